The first kappa shape index (κ1) is 17.0. The molecule has 1 aliphatic rings. The number of benzene rings is 1. The fraction of sp³-hybridized carbons (Fsp3) is 0.500. The molecule has 0 spiro atoms. The molecule has 8 heteroatoms. The molecule has 0 aliphatic carbocycles. The molecular weight excluding hydrogens is 333 g/mol. The van der Waals surface area contributed by atoms with Crippen LogP contribution in [-0.2, 0) is 15.8 Å². The number of nitrogens with zero attached hydrogens (tertiary/aromatic N) is 3. The zero-order chi connectivity index (χ0) is 17.3. The molecule has 1 saturated heterocycles. The van der Waals surface area contributed by atoms with Crippen LogP contribution in [0.4, 0.5) is 4.39 Å². The first-order valence-corrected chi connectivity index (χ1v) is 9.55. The van der Waals surface area contributed by atoms with Crippen molar-refractivity contribution in [3.8, 4) is 0 Å². The van der Waals surface area contributed by atoms with Crippen LogP contribution in [0.1, 0.15) is 55.9 Å². The Morgan fingerprint density at radius 3 is 2.67 bits per heavy atom. The number of hydrogen-bond donors (Lipinski definition) is 0. The second kappa shape index (κ2) is 6.60. The van der Waals surface area contributed by atoms with Crippen LogP contribution < -0.4 is 0 Å². The van der Waals surface area contributed by atoms with Crippen LogP contribution in [0, 0.1) is 5.82 Å². The fourth-order valence-electron chi connectivity index (χ4n) is 2.81. The van der Waals surface area contributed by atoms with Gasteiger partial charge in [-0.05, 0) is 30.5 Å². The third-order valence-electron chi connectivity index (χ3n) is 4.08. The van der Waals surface area contributed by atoms with Gasteiger partial charge in [-0.15, -0.1) is 0 Å². The minimum atomic E-state index is -3.55. The summed E-state index contributed by atoms with van der Waals surface area (Å²) in [5.41, 5.74) is 0.551. The largest absolute Gasteiger partial charge is 0.338 e. The summed E-state index contributed by atoms with van der Waals surface area (Å²) in [4.78, 5) is 4.34. The van der Waals surface area contributed by atoms with E-state index in [0.29, 0.717) is 30.2 Å². The van der Waals surface area contributed by atoms with Crippen LogP contribution >= 0.6 is 0 Å². The number of halogens is 1. The van der Waals surface area contributed by atoms with Gasteiger partial charge in [0.15, 0.2) is 5.82 Å². The van der Waals surface area contributed by atoms with Gasteiger partial charge in [-0.25, -0.2) is 12.8 Å². The molecule has 1 aliphatic heterocycles. The molecule has 2 aromatic rings. The zero-order valence-corrected chi connectivity index (χ0v) is 14.5. The summed E-state index contributed by atoms with van der Waals surface area (Å²) in [6.07, 6.45) is 1.40. The topological polar surface area (TPSA) is 76.3 Å². The highest BCUT2D eigenvalue weighted by Crippen LogP contribution is 2.34. The molecule has 0 saturated carbocycles. The standard InChI is InChI=1S/C16H20FN3O3S/c1-11(2)15-18-16(23-19-15)14-4-3-9-20(14)24(21,22)10-12-5-7-13(17)8-6-12/h5-8,11,14H,3-4,9-10H2,1-2H3/t14-/m0/s1. The Kier molecular flexibility index (Phi) is 4.69. The summed E-state index contributed by atoms with van der Waals surface area (Å²) < 4.78 is 45.2. The van der Waals surface area contributed by atoms with Crippen molar-refractivity contribution in [1.82, 2.24) is 14.4 Å². The highest BCUT2D eigenvalue weighted by atomic mass is 32.2. The van der Waals surface area contributed by atoms with Crippen LogP contribution in [0.15, 0.2) is 28.8 Å². The molecule has 0 bridgehead atoms. The predicted molar refractivity (Wildman–Crippen MR) is 86.1 cm³/mol. The number of aromatic nitrogens is 2. The molecule has 1 atom stereocenters. The summed E-state index contributed by atoms with van der Waals surface area (Å²) in [7, 11) is -3.55. The maximum Gasteiger partial charge on any atom is 0.245 e. The molecule has 3 rings (SSSR count). The SMILES string of the molecule is CC(C)c1noc([C@@H]2CCCN2S(=O)(=O)Cc2ccc(F)cc2)n1. The third-order valence-corrected chi connectivity index (χ3v) is 5.93. The van der Waals surface area contributed by atoms with Crippen molar-refractivity contribution in [3.63, 3.8) is 0 Å². The Bertz CT molecular complexity index is 802. The summed E-state index contributed by atoms with van der Waals surface area (Å²) in [6.45, 7) is 4.33. The van der Waals surface area contributed by atoms with Crippen LogP contribution in [0.25, 0.3) is 0 Å². The molecule has 1 fully saturated rings. The van der Waals surface area contributed by atoms with Crippen LogP contribution in [0.2, 0.25) is 0 Å². The Labute approximate surface area is 140 Å². The maximum atomic E-state index is 13.0. The van der Waals surface area contributed by atoms with Gasteiger partial charge in [-0.2, -0.15) is 9.29 Å². The smallest absolute Gasteiger partial charge is 0.245 e. The molecule has 2 heterocycles. The molecule has 0 amide bonds. The Morgan fingerprint density at radius 2 is 2.04 bits per heavy atom. The number of hydrogen-bond acceptors (Lipinski definition) is 5. The fourth-order valence-corrected chi connectivity index (χ4v) is 4.58. The lowest BCUT2D eigenvalue weighted by molar-refractivity contribution is 0.288. The highest BCUT2D eigenvalue weighted by Gasteiger charge is 2.38. The van der Waals surface area contributed by atoms with Crippen LogP contribution in [0.3, 0.4) is 0 Å². The lowest BCUT2D eigenvalue weighted by Gasteiger charge is -2.21. The van der Waals surface area contributed by atoms with E-state index >= 15 is 0 Å². The number of rotatable bonds is 5. The van der Waals surface area contributed by atoms with Gasteiger partial charge < -0.3 is 4.52 Å². The Morgan fingerprint density at radius 1 is 1.33 bits per heavy atom. The van der Waals surface area contributed by atoms with Crippen molar-refractivity contribution in [2.24, 2.45) is 0 Å². The summed E-state index contributed by atoms with van der Waals surface area (Å²) in [5, 5.41) is 3.92. The van der Waals surface area contributed by atoms with Crippen LogP contribution in [-0.4, -0.2) is 29.4 Å². The maximum absolute atomic E-state index is 13.0. The summed E-state index contributed by atoms with van der Waals surface area (Å²) >= 11 is 0. The minimum Gasteiger partial charge on any atom is -0.338 e. The minimum absolute atomic E-state index is 0.119. The van der Waals surface area contributed by atoms with Crippen molar-refractivity contribution in [2.45, 2.75) is 44.4 Å². The average Bonchev–Trinajstić information content (AvgIpc) is 3.17. The van der Waals surface area contributed by atoms with E-state index in [-0.39, 0.29) is 17.5 Å². The van der Waals surface area contributed by atoms with E-state index in [1.54, 1.807) is 0 Å². The Hall–Kier alpha value is -1.80. The van der Waals surface area contributed by atoms with E-state index in [1.165, 1.54) is 28.6 Å². The average molecular weight is 353 g/mol. The van der Waals surface area contributed by atoms with Gasteiger partial charge in [0.25, 0.3) is 0 Å². The predicted octanol–water partition coefficient (Wildman–Crippen LogP) is 3.00. The van der Waals surface area contributed by atoms with Crippen molar-refractivity contribution >= 4 is 10.0 Å². The van der Waals surface area contributed by atoms with Crippen molar-refractivity contribution in [2.75, 3.05) is 6.54 Å². The molecule has 0 unspecified atom stereocenters. The third kappa shape index (κ3) is 3.49. The van der Waals surface area contributed by atoms with E-state index in [9.17, 15) is 12.8 Å². The van der Waals surface area contributed by atoms with E-state index < -0.39 is 16.1 Å². The van der Waals surface area contributed by atoms with E-state index in [1.807, 2.05) is 13.8 Å². The van der Waals surface area contributed by atoms with Gasteiger partial charge >= 0.3 is 0 Å². The molecular formula is C16H20FN3O3S. The van der Waals surface area contributed by atoms with Gasteiger partial charge in [-0.3, -0.25) is 0 Å². The lowest BCUT2D eigenvalue weighted by Crippen LogP contribution is -2.32. The molecule has 0 radical (unpaired) electrons. The first-order chi connectivity index (χ1) is 11.4. The second-order valence-corrected chi connectivity index (χ2v) is 8.22. The molecule has 6 nitrogen and oxygen atoms in total. The summed E-state index contributed by atoms with van der Waals surface area (Å²) in [6, 6.07) is 5.08. The van der Waals surface area contributed by atoms with E-state index in [4.69, 9.17) is 4.52 Å². The lowest BCUT2D eigenvalue weighted by atomic mass is 10.2. The van der Waals surface area contributed by atoms with E-state index in [0.717, 1.165) is 6.42 Å². The van der Waals surface area contributed by atoms with Crippen molar-refractivity contribution < 1.29 is 17.3 Å². The molecule has 130 valence electrons. The van der Waals surface area contributed by atoms with Gasteiger partial charge in [0.2, 0.25) is 15.9 Å². The zero-order valence-electron chi connectivity index (χ0n) is 13.6. The van der Waals surface area contributed by atoms with Gasteiger partial charge in [0.05, 0.1) is 5.75 Å². The van der Waals surface area contributed by atoms with Crippen molar-refractivity contribution in [3.05, 3.63) is 47.4 Å². The normalized spacial score (nSPS) is 19.2. The van der Waals surface area contributed by atoms with Gasteiger partial charge in [0, 0.05) is 12.5 Å². The van der Waals surface area contributed by atoms with Gasteiger partial charge in [-0.1, -0.05) is 31.1 Å². The van der Waals surface area contributed by atoms with Crippen molar-refractivity contribution in [1.29, 1.82) is 0 Å². The molecule has 0 N–H and O–H groups in total. The highest BCUT2D eigenvalue weighted by molar-refractivity contribution is 7.88. The first-order valence-electron chi connectivity index (χ1n) is 7.94. The summed E-state index contributed by atoms with van der Waals surface area (Å²) in [5.74, 6) is 0.483. The van der Waals surface area contributed by atoms with Crippen LogP contribution in [0.5, 0.6) is 0 Å². The second-order valence-electron chi connectivity index (χ2n) is 6.30. The molecule has 24 heavy (non-hydrogen) atoms. The monoisotopic (exact) mass is 353 g/mol. The Balaban J connectivity index is 1.81. The van der Waals surface area contributed by atoms with E-state index in [2.05, 4.69) is 10.1 Å². The number of sulfonamides is 1. The van der Waals surface area contributed by atoms with Gasteiger partial charge in [0.1, 0.15) is 11.9 Å². The molecule has 1 aromatic carbocycles. The quantitative estimate of drug-likeness (QED) is 0.826. The molecule has 1 aromatic heterocycles.